The molecule has 2 saturated heterocycles. The predicted octanol–water partition coefficient (Wildman–Crippen LogP) is -3.11. The Kier molecular flexibility index (Phi) is 25.6. The zero-order chi connectivity index (χ0) is 66.5. The lowest BCUT2D eigenvalue weighted by molar-refractivity contribution is -0.142. The third-order valence-corrected chi connectivity index (χ3v) is 14.8. The van der Waals surface area contributed by atoms with Gasteiger partial charge in [0.1, 0.15) is 60.1 Å². The number of para-hydroxylation sites is 1. The van der Waals surface area contributed by atoms with Gasteiger partial charge in [0.25, 0.3) is 5.91 Å². The van der Waals surface area contributed by atoms with Gasteiger partial charge in [0.15, 0.2) is 5.96 Å². The molecule has 2 aromatic carbocycles. The first-order valence-electron chi connectivity index (χ1n) is 29.9. The number of nitrogens with zero attached hydrogens (tertiary/aromatic N) is 3. The van der Waals surface area contributed by atoms with Crippen LogP contribution in [0.2, 0.25) is 0 Å². The summed E-state index contributed by atoms with van der Waals surface area (Å²) in [7, 11) is 0. The van der Waals surface area contributed by atoms with Crippen LogP contribution < -0.4 is 70.6 Å². The molecule has 20 N–H and O–H groups in total. The van der Waals surface area contributed by atoms with E-state index in [-0.39, 0.29) is 94.4 Å². The molecule has 0 saturated carbocycles. The number of primary amides is 1. The van der Waals surface area contributed by atoms with Crippen molar-refractivity contribution >= 4 is 82.0 Å². The quantitative estimate of drug-likeness (QED) is 0.0103. The number of ether oxygens (including phenoxy) is 1. The minimum absolute atomic E-state index is 0.00453. The monoisotopic (exact) mass is 1270 g/mol. The minimum Gasteiger partial charge on any atom is -0.508 e. The number of likely N-dealkylation sites (tertiary alicyclic amines) is 1. The Hall–Kier alpha value is -9.85. The van der Waals surface area contributed by atoms with Crippen LogP contribution in [0, 0.1) is 5.92 Å². The van der Waals surface area contributed by atoms with Gasteiger partial charge in [-0.05, 0) is 94.5 Å². The first-order chi connectivity index (χ1) is 43.2. The summed E-state index contributed by atoms with van der Waals surface area (Å²) >= 11 is 0. The molecular formula is C59H84N18O14. The standard InChI is InChI=1S/C59H84N18O14/c1-31(2)22-40(49(82)68-39(12-8-20-64-57(60)61)56(89)77-21-9-13-46(77)55(88)75-76-58(62)90)69-54(87)45(29-91-59(3,4)5)74-50(83)41(23-32-14-16-35(79)17-15-32)70-53(86)44(28-78)73-51(84)42(24-33-26-65-37-11-7-6-10-36(33)37)71-52(85)43(25-34-27-63-30-66-34)72-48(81)38-18-19-47(80)67-38/h6-7,10-11,14-17,26-27,30-31,38-46,65,78-79H,8-9,12-13,18-25,28-29H2,1-5H3,(H,63,66)(H,67,80)(H,68,82)(H,69,87)(H,70,86)(H,71,85)(H,72,81)(H,73,84)(H,74,83)(H,75,88)(H4,60,61,64)(H3,62,76,90)/t38-,39-,40+,41+,42+,43+,44+,45-,46-/m1/s1. The number of imidazole rings is 1. The number of hydrogen-bond acceptors (Lipinski definition) is 16. The summed E-state index contributed by atoms with van der Waals surface area (Å²) in [5.74, 6) is -8.58. The van der Waals surface area contributed by atoms with Crippen LogP contribution in [0.3, 0.4) is 0 Å². The highest BCUT2D eigenvalue weighted by atomic mass is 16.5. The molecular weight excluding hydrogens is 1180 g/mol. The normalized spacial score (nSPS) is 17.0. The van der Waals surface area contributed by atoms with Crippen LogP contribution >= 0.6 is 0 Å². The van der Waals surface area contributed by atoms with Crippen molar-refractivity contribution in [1.29, 1.82) is 0 Å². The number of hydrazine groups is 1. The Labute approximate surface area is 524 Å². The Morgan fingerprint density at radius 3 is 1.95 bits per heavy atom. The minimum atomic E-state index is -1.80. The summed E-state index contributed by atoms with van der Waals surface area (Å²) in [6, 6.07) is -0.716. The van der Waals surface area contributed by atoms with E-state index in [1.54, 1.807) is 65.1 Å². The number of fused-ring (bicyclic) bond motifs is 1. The molecule has 0 unspecified atom stereocenters. The van der Waals surface area contributed by atoms with E-state index in [9.17, 15) is 63.0 Å². The number of H-pyrrole nitrogens is 2. The average Bonchev–Trinajstić information content (AvgIpc) is 1.85. The number of nitrogens with one attached hydrogen (secondary N) is 12. The third kappa shape index (κ3) is 21.7. The largest absolute Gasteiger partial charge is 0.508 e. The van der Waals surface area contributed by atoms with Crippen molar-refractivity contribution in [3.63, 3.8) is 0 Å². The lowest BCUT2D eigenvalue weighted by Gasteiger charge is -2.31. The number of aliphatic hydroxyl groups is 1. The Balaban J connectivity index is 1.24. The lowest BCUT2D eigenvalue weighted by atomic mass is 10.0. The first kappa shape index (κ1) is 70.2. The zero-order valence-electron chi connectivity index (χ0n) is 51.4. The second kappa shape index (κ2) is 33.1. The van der Waals surface area contributed by atoms with Crippen LogP contribution in [0.15, 0.2) is 72.2 Å². The number of benzene rings is 2. The third-order valence-electron chi connectivity index (χ3n) is 14.8. The van der Waals surface area contributed by atoms with Gasteiger partial charge < -0.3 is 89.6 Å². The number of aromatic hydroxyl groups is 1. The number of carbonyl (C=O) groups is 11. The Bertz CT molecular complexity index is 3240. The first-order valence-corrected chi connectivity index (χ1v) is 29.9. The number of phenolic OH excluding ortho intramolecular Hbond substituents is 1. The molecule has 2 aliphatic heterocycles. The maximum Gasteiger partial charge on any atom is 0.330 e. The van der Waals surface area contributed by atoms with Gasteiger partial charge in [-0.15, -0.1) is 0 Å². The maximum absolute atomic E-state index is 14.8. The van der Waals surface area contributed by atoms with Crippen LogP contribution in [0.25, 0.3) is 10.9 Å². The number of guanidine groups is 1. The molecule has 32 nitrogen and oxygen atoms in total. The summed E-state index contributed by atoms with van der Waals surface area (Å²) in [5, 5.41) is 42.8. The maximum atomic E-state index is 14.8. The molecule has 494 valence electrons. The molecule has 6 rings (SSSR count). The Morgan fingerprint density at radius 1 is 0.725 bits per heavy atom. The molecule has 12 amide bonds. The second-order valence-corrected chi connectivity index (χ2v) is 23.7. The number of carbonyl (C=O) groups excluding carboxylic acids is 11. The molecule has 32 heteroatoms. The SMILES string of the molecule is CC(C)C[C@H](NC(=O)[C@@H](COC(C)(C)C)NC(=O)[C@H](Cc1ccc(O)cc1)NC(=O)[C@H](CO)NC(=O)[C@H](Cc1c[nH]c2ccccc12)NC(=O)[C@H](Cc1cnc[nH]1)NC(=O)[C@H]1CCC(=O)N1)C(=O)N[C@H](CCCN=C(N)N)C(=O)N1CCC[C@@H]1C(=O)NNC(N)=O. The van der Waals surface area contributed by atoms with E-state index in [2.05, 4.69) is 67.9 Å². The van der Waals surface area contributed by atoms with Gasteiger partial charge in [-0.2, -0.15) is 0 Å². The summed E-state index contributed by atoms with van der Waals surface area (Å²) in [5.41, 5.74) is 21.6. The topological polar surface area (TPSA) is 496 Å². The van der Waals surface area contributed by atoms with Gasteiger partial charge in [0.2, 0.25) is 53.2 Å². The molecule has 0 aliphatic carbocycles. The van der Waals surface area contributed by atoms with Crippen molar-refractivity contribution in [2.24, 2.45) is 28.1 Å². The number of aromatic nitrogens is 3. The number of phenols is 1. The molecule has 4 aromatic rings. The Morgan fingerprint density at radius 2 is 1.33 bits per heavy atom. The highest BCUT2D eigenvalue weighted by Crippen LogP contribution is 2.22. The van der Waals surface area contributed by atoms with Gasteiger partial charge in [-0.1, -0.05) is 44.2 Å². The lowest BCUT2D eigenvalue weighted by Crippen LogP contribution is -2.62. The van der Waals surface area contributed by atoms with E-state index in [4.69, 9.17) is 21.9 Å². The number of aliphatic imine (C=N–C) groups is 1. The fourth-order valence-electron chi connectivity index (χ4n) is 10.2. The van der Waals surface area contributed by atoms with E-state index >= 15 is 0 Å². The van der Waals surface area contributed by atoms with Crippen molar-refractivity contribution < 1.29 is 67.7 Å². The number of aliphatic hydroxyl groups excluding tert-OH is 1. The van der Waals surface area contributed by atoms with E-state index in [1.165, 1.54) is 41.7 Å². The van der Waals surface area contributed by atoms with Crippen LogP contribution in [0.5, 0.6) is 5.75 Å². The molecule has 9 atom stereocenters. The summed E-state index contributed by atoms with van der Waals surface area (Å²) in [6.07, 6.45) is 4.91. The number of amides is 12. The van der Waals surface area contributed by atoms with Crippen LogP contribution in [0.1, 0.15) is 96.4 Å². The van der Waals surface area contributed by atoms with Gasteiger partial charge in [0, 0.05) is 67.8 Å². The number of urea groups is 1. The van der Waals surface area contributed by atoms with E-state index in [0.29, 0.717) is 34.1 Å². The molecule has 0 bridgehead atoms. The summed E-state index contributed by atoms with van der Waals surface area (Å²) in [6.45, 7) is 7.28. The van der Waals surface area contributed by atoms with Crippen molar-refractivity contribution in [1.82, 2.24) is 73.2 Å². The van der Waals surface area contributed by atoms with Crippen LogP contribution in [-0.4, -0.2) is 187 Å². The molecule has 0 spiro atoms. The second-order valence-electron chi connectivity index (χ2n) is 23.7. The molecule has 2 fully saturated rings. The van der Waals surface area contributed by atoms with Gasteiger partial charge in [-0.25, -0.2) is 15.2 Å². The fraction of sp³-hybridized carbons (Fsp3) is 0.508. The number of aromatic amines is 2. The highest BCUT2D eigenvalue weighted by Gasteiger charge is 2.40. The zero-order valence-corrected chi connectivity index (χ0v) is 51.4. The molecule has 2 aromatic heterocycles. The summed E-state index contributed by atoms with van der Waals surface area (Å²) in [4.78, 5) is 167. The average molecular weight is 1270 g/mol. The van der Waals surface area contributed by atoms with Crippen LogP contribution in [-0.2, 0) is 71.9 Å². The fourth-order valence-corrected chi connectivity index (χ4v) is 10.2. The number of hydrogen-bond donors (Lipinski definition) is 17. The molecule has 4 heterocycles. The number of nitrogens with two attached hydrogens (primary N) is 3. The predicted molar refractivity (Wildman–Crippen MR) is 329 cm³/mol. The van der Waals surface area contributed by atoms with E-state index in [1.807, 2.05) is 5.43 Å². The van der Waals surface area contributed by atoms with E-state index in [0.717, 1.165) is 0 Å². The smallest absolute Gasteiger partial charge is 0.330 e. The van der Waals surface area contributed by atoms with Crippen LogP contribution in [0.4, 0.5) is 4.79 Å². The van der Waals surface area contributed by atoms with Crippen molar-refractivity contribution in [3.05, 3.63) is 84.1 Å². The van der Waals surface area contributed by atoms with Gasteiger partial charge in [-0.3, -0.25) is 58.4 Å². The highest BCUT2D eigenvalue weighted by molar-refractivity contribution is 5.99. The number of rotatable bonds is 31. The van der Waals surface area contributed by atoms with Crippen molar-refractivity contribution in [2.45, 2.75) is 159 Å². The molecule has 0 radical (unpaired) electrons. The van der Waals surface area contributed by atoms with Gasteiger partial charge >= 0.3 is 6.03 Å². The summed E-state index contributed by atoms with van der Waals surface area (Å²) < 4.78 is 6.03. The van der Waals surface area contributed by atoms with Crippen molar-refractivity contribution in [2.75, 3.05) is 26.3 Å². The molecule has 2 aliphatic rings. The molecule has 91 heavy (non-hydrogen) atoms. The van der Waals surface area contributed by atoms with Gasteiger partial charge in [0.05, 0.1) is 25.1 Å². The van der Waals surface area contributed by atoms with E-state index < -0.39 is 132 Å². The van der Waals surface area contributed by atoms with Crippen molar-refractivity contribution in [3.8, 4) is 5.75 Å².